The van der Waals surface area contributed by atoms with Crippen molar-refractivity contribution in [2.45, 2.75) is 20.3 Å². The summed E-state index contributed by atoms with van der Waals surface area (Å²) >= 11 is 12.0. The Morgan fingerprint density at radius 1 is 1.16 bits per heavy atom. The van der Waals surface area contributed by atoms with E-state index in [0.717, 1.165) is 16.8 Å². The van der Waals surface area contributed by atoms with E-state index in [1.165, 1.54) is 0 Å². The number of rotatable bonds is 3. The van der Waals surface area contributed by atoms with Crippen molar-refractivity contribution in [3.05, 3.63) is 57.6 Å². The predicted octanol–water partition coefficient (Wildman–Crippen LogP) is 4.60. The number of benzene rings is 2. The van der Waals surface area contributed by atoms with Gasteiger partial charge in [-0.25, -0.2) is 0 Å². The van der Waals surface area contributed by atoms with Crippen LogP contribution in [0.15, 0.2) is 36.4 Å². The topological polar surface area (TPSA) is 49.4 Å². The summed E-state index contributed by atoms with van der Waals surface area (Å²) in [5, 5.41) is 3.66. The van der Waals surface area contributed by atoms with Crippen molar-refractivity contribution in [3.63, 3.8) is 0 Å². The molecule has 1 heterocycles. The smallest absolute Gasteiger partial charge is 0.229 e. The van der Waals surface area contributed by atoms with E-state index in [2.05, 4.69) is 5.32 Å². The van der Waals surface area contributed by atoms with Gasteiger partial charge in [0.1, 0.15) is 0 Å². The number of hydrogen-bond donors (Lipinski definition) is 1. The van der Waals surface area contributed by atoms with Crippen molar-refractivity contribution >= 4 is 46.4 Å². The van der Waals surface area contributed by atoms with Gasteiger partial charge in [0.2, 0.25) is 11.8 Å². The number of para-hydroxylation sites is 1. The fraction of sp³-hybridized carbons (Fsp3) is 0.263. The van der Waals surface area contributed by atoms with E-state index in [1.54, 1.807) is 23.1 Å². The molecular weight excluding hydrogens is 359 g/mol. The molecule has 0 spiro atoms. The van der Waals surface area contributed by atoms with E-state index in [0.29, 0.717) is 22.3 Å². The maximum atomic E-state index is 12.6. The van der Waals surface area contributed by atoms with Gasteiger partial charge in [-0.2, -0.15) is 0 Å². The Hall–Kier alpha value is -2.04. The fourth-order valence-corrected chi connectivity index (χ4v) is 3.61. The number of nitrogens with zero attached hydrogens (tertiary/aromatic N) is 1. The lowest BCUT2D eigenvalue weighted by Crippen LogP contribution is -2.29. The molecule has 1 atom stereocenters. The molecule has 2 aromatic rings. The van der Waals surface area contributed by atoms with Gasteiger partial charge < -0.3 is 10.2 Å². The molecular formula is C19H18Cl2N2O2. The van der Waals surface area contributed by atoms with Crippen LogP contribution >= 0.6 is 23.2 Å². The van der Waals surface area contributed by atoms with Crippen LogP contribution in [0.3, 0.4) is 0 Å². The van der Waals surface area contributed by atoms with Gasteiger partial charge in [0.15, 0.2) is 0 Å². The summed E-state index contributed by atoms with van der Waals surface area (Å²) in [4.78, 5) is 26.7. The summed E-state index contributed by atoms with van der Waals surface area (Å²) in [6.07, 6.45) is 0.185. The third kappa shape index (κ3) is 3.65. The summed E-state index contributed by atoms with van der Waals surface area (Å²) in [5.41, 5.74) is 3.44. The molecule has 0 bridgehead atoms. The Labute approximate surface area is 156 Å². The second-order valence-electron chi connectivity index (χ2n) is 6.26. The van der Waals surface area contributed by atoms with Crippen LogP contribution in [0.25, 0.3) is 0 Å². The summed E-state index contributed by atoms with van der Waals surface area (Å²) in [7, 11) is 0. The second-order valence-corrected chi connectivity index (χ2v) is 7.10. The molecule has 0 aromatic heterocycles. The quantitative estimate of drug-likeness (QED) is 0.850. The van der Waals surface area contributed by atoms with E-state index in [9.17, 15) is 9.59 Å². The first-order valence-corrected chi connectivity index (χ1v) is 8.75. The Morgan fingerprint density at radius 2 is 1.84 bits per heavy atom. The van der Waals surface area contributed by atoms with Gasteiger partial charge in [-0.05, 0) is 43.2 Å². The number of amides is 2. The maximum Gasteiger partial charge on any atom is 0.229 e. The van der Waals surface area contributed by atoms with Crippen molar-refractivity contribution in [3.8, 4) is 0 Å². The SMILES string of the molecule is Cc1cccc(C)c1N1C[C@@H](C(=O)Nc2ccc(Cl)cc2Cl)CC1=O. The van der Waals surface area contributed by atoms with Gasteiger partial charge in [0.05, 0.1) is 16.6 Å². The van der Waals surface area contributed by atoms with Gasteiger partial charge in [0.25, 0.3) is 0 Å². The second kappa shape index (κ2) is 7.06. The number of hydrogen-bond acceptors (Lipinski definition) is 2. The molecule has 2 aromatic carbocycles. The largest absolute Gasteiger partial charge is 0.324 e. The Kier molecular flexibility index (Phi) is 5.02. The van der Waals surface area contributed by atoms with Gasteiger partial charge >= 0.3 is 0 Å². The van der Waals surface area contributed by atoms with Crippen LogP contribution in [-0.4, -0.2) is 18.4 Å². The first-order chi connectivity index (χ1) is 11.9. The van der Waals surface area contributed by atoms with Crippen LogP contribution < -0.4 is 10.2 Å². The summed E-state index contributed by atoms with van der Waals surface area (Å²) in [6, 6.07) is 10.8. The molecule has 3 rings (SSSR count). The molecule has 130 valence electrons. The molecule has 1 aliphatic rings. The molecule has 0 saturated carbocycles. The van der Waals surface area contributed by atoms with Crippen molar-refractivity contribution in [1.82, 2.24) is 0 Å². The van der Waals surface area contributed by atoms with Gasteiger partial charge in [0, 0.05) is 23.7 Å². The van der Waals surface area contributed by atoms with Gasteiger partial charge in [-0.1, -0.05) is 41.4 Å². The molecule has 1 N–H and O–H groups in total. The van der Waals surface area contributed by atoms with Crippen LogP contribution in [0.2, 0.25) is 10.0 Å². The normalized spacial score (nSPS) is 17.0. The average Bonchev–Trinajstić information content (AvgIpc) is 2.92. The molecule has 2 amide bonds. The molecule has 25 heavy (non-hydrogen) atoms. The highest BCUT2D eigenvalue weighted by Gasteiger charge is 2.36. The van der Waals surface area contributed by atoms with E-state index in [4.69, 9.17) is 23.2 Å². The summed E-state index contributed by atoms with van der Waals surface area (Å²) in [6.45, 7) is 4.30. The predicted molar refractivity (Wildman–Crippen MR) is 101 cm³/mol. The fourth-order valence-electron chi connectivity index (χ4n) is 3.16. The lowest BCUT2D eigenvalue weighted by Gasteiger charge is -2.21. The van der Waals surface area contributed by atoms with Crippen LogP contribution in [0.4, 0.5) is 11.4 Å². The number of nitrogens with one attached hydrogen (secondary N) is 1. The Balaban J connectivity index is 1.77. The van der Waals surface area contributed by atoms with Crippen LogP contribution in [0, 0.1) is 19.8 Å². The molecule has 1 aliphatic heterocycles. The van der Waals surface area contributed by atoms with E-state index in [1.807, 2.05) is 32.0 Å². The lowest BCUT2D eigenvalue weighted by atomic mass is 10.1. The average molecular weight is 377 g/mol. The molecule has 6 heteroatoms. The van der Waals surface area contributed by atoms with Crippen molar-refractivity contribution in [1.29, 1.82) is 0 Å². The minimum absolute atomic E-state index is 0.0419. The zero-order valence-electron chi connectivity index (χ0n) is 14.0. The first kappa shape index (κ1) is 17.8. The molecule has 4 nitrogen and oxygen atoms in total. The highest BCUT2D eigenvalue weighted by Crippen LogP contribution is 2.32. The molecule has 1 saturated heterocycles. The molecule has 0 unspecified atom stereocenters. The standard InChI is InChI=1S/C19H18Cl2N2O2/c1-11-4-3-5-12(2)18(11)23-10-13(8-17(23)24)19(25)22-16-7-6-14(20)9-15(16)21/h3-7,9,13H,8,10H2,1-2H3,(H,22,25)/t13-/m0/s1. The number of halogens is 2. The van der Waals surface area contributed by atoms with Crippen LogP contribution in [-0.2, 0) is 9.59 Å². The highest BCUT2D eigenvalue weighted by molar-refractivity contribution is 6.36. The Morgan fingerprint density at radius 3 is 2.48 bits per heavy atom. The zero-order chi connectivity index (χ0) is 18.1. The zero-order valence-corrected chi connectivity index (χ0v) is 15.5. The van der Waals surface area contributed by atoms with Crippen LogP contribution in [0.1, 0.15) is 17.5 Å². The van der Waals surface area contributed by atoms with Gasteiger partial charge in [-0.3, -0.25) is 9.59 Å². The van der Waals surface area contributed by atoms with E-state index in [-0.39, 0.29) is 18.2 Å². The molecule has 0 aliphatic carbocycles. The van der Waals surface area contributed by atoms with E-state index >= 15 is 0 Å². The summed E-state index contributed by atoms with van der Waals surface area (Å²) in [5.74, 6) is -0.677. The highest BCUT2D eigenvalue weighted by atomic mass is 35.5. The minimum atomic E-state index is -0.418. The molecule has 1 fully saturated rings. The van der Waals surface area contributed by atoms with Crippen molar-refractivity contribution < 1.29 is 9.59 Å². The van der Waals surface area contributed by atoms with Crippen LogP contribution in [0.5, 0.6) is 0 Å². The number of aryl methyl sites for hydroxylation is 2. The third-order valence-corrected chi connectivity index (χ3v) is 4.94. The molecule has 0 radical (unpaired) electrons. The third-order valence-electron chi connectivity index (χ3n) is 4.39. The maximum absolute atomic E-state index is 12.6. The van der Waals surface area contributed by atoms with E-state index < -0.39 is 5.92 Å². The first-order valence-electron chi connectivity index (χ1n) is 7.99. The number of carbonyl (C=O) groups is 2. The lowest BCUT2D eigenvalue weighted by molar-refractivity contribution is -0.122. The monoisotopic (exact) mass is 376 g/mol. The van der Waals surface area contributed by atoms with Crippen molar-refractivity contribution in [2.75, 3.05) is 16.8 Å². The van der Waals surface area contributed by atoms with Crippen molar-refractivity contribution in [2.24, 2.45) is 5.92 Å². The number of anilines is 2. The minimum Gasteiger partial charge on any atom is -0.324 e. The van der Waals surface area contributed by atoms with Gasteiger partial charge in [-0.15, -0.1) is 0 Å². The Bertz CT molecular complexity index is 831. The number of carbonyl (C=O) groups excluding carboxylic acids is 2. The summed E-state index contributed by atoms with van der Waals surface area (Å²) < 4.78 is 0.